The van der Waals surface area contributed by atoms with Gasteiger partial charge >= 0.3 is 0 Å². The Hall–Kier alpha value is -1.22. The molecule has 2 aromatic rings. The van der Waals surface area contributed by atoms with Crippen LogP contribution in [0.5, 0.6) is 0 Å². The molecule has 2 heterocycles. The molecule has 0 radical (unpaired) electrons. The highest BCUT2D eigenvalue weighted by molar-refractivity contribution is 6.22. The van der Waals surface area contributed by atoms with Crippen LogP contribution in [0.15, 0.2) is 60.7 Å². The van der Waals surface area contributed by atoms with Gasteiger partial charge in [-0.05, 0) is 0 Å². The molecule has 28 heavy (non-hydrogen) atoms. The molecule has 2 N–H and O–H groups in total. The van der Waals surface area contributed by atoms with Crippen LogP contribution in [0.1, 0.15) is 11.1 Å². The van der Waals surface area contributed by atoms with Gasteiger partial charge in [-0.15, -0.1) is 0 Å². The summed E-state index contributed by atoms with van der Waals surface area (Å²) in [5, 5.41) is 17.4. The van der Waals surface area contributed by atoms with Gasteiger partial charge in [-0.2, -0.15) is 0 Å². The average molecular weight is 427 g/mol. The number of halogens is 2. The molecule has 0 amide bonds. The molecule has 2 aliphatic rings. The molecule has 2 aromatic carbocycles. The predicted octanol–water partition coefficient (Wildman–Crippen LogP) is 2.64. The van der Waals surface area contributed by atoms with Crippen molar-refractivity contribution in [3.8, 4) is 0 Å². The molecule has 2 bridgehead atoms. The maximum Gasteiger partial charge on any atom is 0.277 e. The summed E-state index contributed by atoms with van der Waals surface area (Å²) < 4.78 is 23.6. The molecule has 2 unspecified atom stereocenters. The van der Waals surface area contributed by atoms with Crippen molar-refractivity contribution in [1.29, 1.82) is 0 Å². The summed E-state index contributed by atoms with van der Waals surface area (Å²) in [5.74, 6) is 0. The number of alkyl halides is 2. The normalized spacial score (nSPS) is 38.4. The number of aliphatic hydroxyl groups is 2. The van der Waals surface area contributed by atoms with E-state index in [0.29, 0.717) is 11.1 Å². The molecule has 0 aromatic heterocycles. The Bertz CT molecular complexity index is 790. The summed E-state index contributed by atoms with van der Waals surface area (Å²) in [4.78, 5) is 0. The number of benzene rings is 2. The lowest BCUT2D eigenvalue weighted by atomic mass is 10.0. The second-order valence-corrected chi connectivity index (χ2v) is 7.68. The Morgan fingerprint density at radius 3 is 2.00 bits per heavy atom. The third-order valence-electron chi connectivity index (χ3n) is 4.83. The zero-order valence-electron chi connectivity index (χ0n) is 14.8. The highest BCUT2D eigenvalue weighted by atomic mass is 35.5. The van der Waals surface area contributed by atoms with Crippen LogP contribution in [0.2, 0.25) is 0 Å². The summed E-state index contributed by atoms with van der Waals surface area (Å²) in [6.45, 7) is -0.570. The van der Waals surface area contributed by atoms with Crippen molar-refractivity contribution in [2.45, 2.75) is 34.9 Å². The predicted molar refractivity (Wildman–Crippen MR) is 102 cm³/mol. The molecule has 4 rings (SSSR count). The van der Waals surface area contributed by atoms with Crippen molar-refractivity contribution in [1.82, 2.24) is 0 Å². The summed E-state index contributed by atoms with van der Waals surface area (Å²) in [6, 6.07) is 17.8. The minimum Gasteiger partial charge on any atom is -0.394 e. The fourth-order valence-corrected chi connectivity index (χ4v) is 4.01. The molecule has 0 aliphatic carbocycles. The Morgan fingerprint density at radius 1 is 0.857 bits per heavy atom. The van der Waals surface area contributed by atoms with Gasteiger partial charge in [-0.1, -0.05) is 83.9 Å². The van der Waals surface area contributed by atoms with Crippen LogP contribution in [0.3, 0.4) is 0 Å². The van der Waals surface area contributed by atoms with E-state index in [1.54, 1.807) is 48.5 Å². The van der Waals surface area contributed by atoms with Crippen LogP contribution in [0.4, 0.5) is 0 Å². The lowest BCUT2D eigenvalue weighted by molar-refractivity contribution is -0.281. The third kappa shape index (κ3) is 3.67. The van der Waals surface area contributed by atoms with E-state index in [-0.39, 0.29) is 6.61 Å². The molecule has 8 heteroatoms. The molecule has 2 saturated heterocycles. The monoisotopic (exact) mass is 426 g/mol. The first kappa shape index (κ1) is 20.1. The van der Waals surface area contributed by atoms with E-state index in [1.807, 2.05) is 12.1 Å². The lowest BCUT2D eigenvalue weighted by Crippen LogP contribution is -2.47. The van der Waals surface area contributed by atoms with Gasteiger partial charge in [0.15, 0.2) is 0 Å². The van der Waals surface area contributed by atoms with E-state index in [1.165, 1.54) is 0 Å². The largest absolute Gasteiger partial charge is 0.394 e. The van der Waals surface area contributed by atoms with Crippen molar-refractivity contribution in [2.75, 3.05) is 13.2 Å². The molecule has 6 nitrogen and oxygen atoms in total. The number of hydrogen-bond acceptors (Lipinski definition) is 6. The maximum atomic E-state index is 10.9. The minimum atomic E-state index is -1.72. The fraction of sp³-hybridized carbons (Fsp3) is 0.400. The van der Waals surface area contributed by atoms with Crippen molar-refractivity contribution < 1.29 is 29.2 Å². The molecule has 6 atom stereocenters. The van der Waals surface area contributed by atoms with Crippen molar-refractivity contribution >= 4 is 23.2 Å². The molecule has 150 valence electrons. The van der Waals surface area contributed by atoms with Gasteiger partial charge in [-0.25, -0.2) is 0 Å². The van der Waals surface area contributed by atoms with E-state index in [0.717, 1.165) is 0 Å². The number of aliphatic hydroxyl groups excluding tert-OH is 2. The molecule has 0 spiro atoms. The molecule has 0 saturated carbocycles. The zero-order chi connectivity index (χ0) is 19.8. The summed E-state index contributed by atoms with van der Waals surface area (Å²) >= 11 is 13.3. The SMILES string of the molecule is OC[C@H]1OC(Cl)(c2ccccc2)O[C@H]2COC(Cl)(c3ccccc3)O[C@@H]1[C@H]2O. The smallest absolute Gasteiger partial charge is 0.277 e. The number of ether oxygens (including phenoxy) is 4. The summed E-state index contributed by atoms with van der Waals surface area (Å²) in [6.07, 6.45) is -4.14. The first-order valence-electron chi connectivity index (χ1n) is 8.90. The quantitative estimate of drug-likeness (QED) is 0.734. The second-order valence-electron chi connectivity index (χ2n) is 6.68. The van der Waals surface area contributed by atoms with Crippen LogP contribution in [-0.2, 0) is 29.4 Å². The van der Waals surface area contributed by atoms with E-state index >= 15 is 0 Å². The minimum absolute atomic E-state index is 0.0983. The maximum absolute atomic E-state index is 10.9. The van der Waals surface area contributed by atoms with Crippen LogP contribution in [0.25, 0.3) is 0 Å². The van der Waals surface area contributed by atoms with Gasteiger partial charge in [0.25, 0.3) is 10.5 Å². The van der Waals surface area contributed by atoms with Gasteiger partial charge < -0.3 is 29.2 Å². The average Bonchev–Trinajstić information content (AvgIpc) is 2.92. The number of rotatable bonds is 3. The molecular formula is C20H20Cl2O6. The van der Waals surface area contributed by atoms with Gasteiger partial charge in [0.1, 0.15) is 24.4 Å². The topological polar surface area (TPSA) is 77.4 Å². The van der Waals surface area contributed by atoms with E-state index in [9.17, 15) is 10.2 Å². The number of fused-ring (bicyclic) bond motifs is 2. The first-order chi connectivity index (χ1) is 13.5. The lowest BCUT2D eigenvalue weighted by Gasteiger charge is -2.35. The first-order valence-corrected chi connectivity index (χ1v) is 9.66. The Balaban J connectivity index is 1.70. The highest BCUT2D eigenvalue weighted by Gasteiger charge is 2.54. The van der Waals surface area contributed by atoms with Crippen molar-refractivity contribution in [2.24, 2.45) is 0 Å². The van der Waals surface area contributed by atoms with E-state index < -0.39 is 41.5 Å². The molecule has 2 fully saturated rings. The molecule has 2 aliphatic heterocycles. The van der Waals surface area contributed by atoms with Crippen LogP contribution in [0, 0.1) is 0 Å². The highest BCUT2D eigenvalue weighted by Crippen LogP contribution is 2.44. The standard InChI is InChI=1S/C20H20Cl2O6/c21-19(13-7-3-1-4-8-13)25-12-16-17(24)18(28-19)15(11-23)26-20(22,27-16)14-9-5-2-6-10-14/h1-10,15-18,23-24H,11-12H2/t15-,16+,17+,18+,19?,20?/m1/s1. The van der Waals surface area contributed by atoms with Crippen molar-refractivity contribution in [3.05, 3.63) is 71.8 Å². The summed E-state index contributed by atoms with van der Waals surface area (Å²) in [5.41, 5.74) is 1.07. The van der Waals surface area contributed by atoms with Crippen LogP contribution in [-0.4, -0.2) is 47.8 Å². The van der Waals surface area contributed by atoms with Gasteiger partial charge in [0, 0.05) is 11.1 Å². The Morgan fingerprint density at radius 2 is 1.43 bits per heavy atom. The fourth-order valence-electron chi connectivity index (χ4n) is 3.37. The van der Waals surface area contributed by atoms with Crippen LogP contribution < -0.4 is 0 Å². The van der Waals surface area contributed by atoms with E-state index in [4.69, 9.17) is 42.1 Å². The van der Waals surface area contributed by atoms with E-state index in [2.05, 4.69) is 0 Å². The zero-order valence-corrected chi connectivity index (χ0v) is 16.3. The second kappa shape index (κ2) is 7.89. The number of hydrogen-bond donors (Lipinski definition) is 2. The van der Waals surface area contributed by atoms with Gasteiger partial charge in [0.05, 0.1) is 13.2 Å². The summed E-state index contributed by atoms with van der Waals surface area (Å²) in [7, 11) is 0. The van der Waals surface area contributed by atoms with Gasteiger partial charge in [0.2, 0.25) is 0 Å². The molecular weight excluding hydrogens is 407 g/mol. The van der Waals surface area contributed by atoms with Gasteiger partial charge in [-0.3, -0.25) is 0 Å². The Labute approximate surface area is 172 Å². The Kier molecular flexibility index (Phi) is 5.66. The van der Waals surface area contributed by atoms with Crippen LogP contribution >= 0.6 is 23.2 Å². The van der Waals surface area contributed by atoms with Crippen molar-refractivity contribution in [3.63, 3.8) is 0 Å². The third-order valence-corrected chi connectivity index (χ3v) is 5.64.